The lowest BCUT2D eigenvalue weighted by molar-refractivity contribution is -0.139. The highest BCUT2D eigenvalue weighted by Gasteiger charge is 2.35. The molecule has 0 spiro atoms. The summed E-state index contributed by atoms with van der Waals surface area (Å²) in [5.41, 5.74) is 39.3. The second kappa shape index (κ2) is 34.9. The summed E-state index contributed by atoms with van der Waals surface area (Å²) in [4.78, 5) is 89.7. The number of hydrogen-bond donors (Lipinski definition) is 8. The standard InChI is InChI=1S/C26H27N5O5.C25H28N6O5S.C24H25N5O4/c1-17(32)35-15-5-8-22(33)30-14-13-19(16-30)31-25(27)23(26(28)34)24(29-31)18-9-11-21(12-10-18)36-20-6-3-2-4-7-20;1-37(34,35)28-14-5-8-21(32)30-15-13-18(16-30)31-24(26)22(25(27)33)23(29-31)17-9-11-20(12-10-17)36-19-6-3-2-4-7-19;25-23-21(24(26)32)22(16-8-10-19(11-9-16)33-18-5-2-1-3-6-18)27-29(23)17-12-13-28(15-17)20(31)7-4-14-30/h2-12,19H,13-16,27H2,1H3,(H2,28,34);2-12,18,28H,13-16,26H2,1H3,(H2,27,33);1-11,17,30H,12-15,25H2,(H2,26,32)/b2*8-5+;7-4+/t19-;18-;17-/m111/s1. The molecule has 3 aliphatic rings. The van der Waals surface area contributed by atoms with Crippen molar-refractivity contribution in [1.29, 1.82) is 0 Å². The van der Waals surface area contributed by atoms with Gasteiger partial charge >= 0.3 is 5.97 Å². The van der Waals surface area contributed by atoms with E-state index in [-0.39, 0.29) is 89.7 Å². The average molecular weight is 1460 g/mol. The van der Waals surface area contributed by atoms with Crippen LogP contribution in [-0.4, -0.2) is 164 Å². The number of nitrogens with zero attached hydrogens (tertiary/aromatic N) is 9. The monoisotopic (exact) mass is 1460 g/mol. The molecule has 3 atom stereocenters. The zero-order valence-corrected chi connectivity index (χ0v) is 58.7. The number of likely N-dealkylation sites (tertiary alicyclic amines) is 3. The topological polar surface area (TPSA) is 442 Å². The van der Waals surface area contributed by atoms with Gasteiger partial charge < -0.3 is 73.2 Å². The van der Waals surface area contributed by atoms with Crippen molar-refractivity contribution in [2.24, 2.45) is 17.2 Å². The van der Waals surface area contributed by atoms with E-state index >= 15 is 0 Å². The Balaban J connectivity index is 0.000000170. The summed E-state index contributed by atoms with van der Waals surface area (Å²) in [6.45, 7) is 3.71. The second-order valence-corrected chi connectivity index (χ2v) is 26.4. The van der Waals surface area contributed by atoms with E-state index in [1.807, 2.05) is 91.0 Å². The normalized spacial score (nSPS) is 15.6. The highest BCUT2D eigenvalue weighted by atomic mass is 32.2. The van der Waals surface area contributed by atoms with Crippen molar-refractivity contribution in [2.75, 3.05) is 82.5 Å². The molecule has 3 aliphatic heterocycles. The molecule has 3 aromatic heterocycles. The third-order valence-electron chi connectivity index (χ3n) is 17.1. The fourth-order valence-corrected chi connectivity index (χ4v) is 12.4. The van der Waals surface area contributed by atoms with Gasteiger partial charge in [0.05, 0.1) is 31.0 Å². The predicted molar refractivity (Wildman–Crippen MR) is 396 cm³/mol. The number of nitrogen functional groups attached to an aromatic ring is 3. The second-order valence-electron chi connectivity index (χ2n) is 24.6. The van der Waals surface area contributed by atoms with E-state index in [0.29, 0.717) is 127 Å². The SMILES string of the molecule is CC(=O)OC/C=C/C(=O)N1CC[C@@H](n2nc(-c3ccc(Oc4ccccc4)cc3)c(C(N)=O)c2N)C1.CS(=O)(=O)NC/C=C/C(=O)N1CC[C@@H](n2nc(-c3ccc(Oc4ccccc4)cc3)c(C(N)=O)c2N)C1.NC(=O)c1c(-c2ccc(Oc3ccccc3)cc2)nn([C@@H]2CCN(C(=O)/C=C/CO)C2)c1N. The van der Waals surface area contributed by atoms with Crippen LogP contribution in [0.15, 0.2) is 200 Å². The minimum Gasteiger partial charge on any atom is -0.462 e. The molecular formula is C75H80N16O14S. The molecule has 6 heterocycles. The van der Waals surface area contributed by atoms with E-state index in [2.05, 4.69) is 20.0 Å². The van der Waals surface area contributed by atoms with Gasteiger partial charge in [0.2, 0.25) is 27.7 Å². The molecule has 3 fully saturated rings. The van der Waals surface area contributed by atoms with Crippen molar-refractivity contribution in [3.05, 3.63) is 217 Å². The molecule has 6 aromatic carbocycles. The van der Waals surface area contributed by atoms with Gasteiger partial charge in [-0.05, 0) is 135 Å². The number of carbonyl (C=O) groups excluding carboxylic acids is 7. The number of primary amides is 3. The quantitative estimate of drug-likeness (QED) is 0.0219. The molecule has 14 N–H and O–H groups in total. The number of anilines is 3. The summed E-state index contributed by atoms with van der Waals surface area (Å²) in [5, 5.41) is 22.7. The average Bonchev–Trinajstić information content (AvgIpc) is 1.64. The maximum absolute atomic E-state index is 12.5. The summed E-state index contributed by atoms with van der Waals surface area (Å²) < 4.78 is 51.5. The van der Waals surface area contributed by atoms with Gasteiger partial charge in [0.1, 0.15) is 92.3 Å². The maximum Gasteiger partial charge on any atom is 0.302 e. The number of ether oxygens (including phenoxy) is 4. The molecule has 6 amide bonds. The number of aliphatic hydroxyl groups excluding tert-OH is 1. The fourth-order valence-electron chi connectivity index (χ4n) is 12.0. The van der Waals surface area contributed by atoms with E-state index in [1.54, 1.807) is 102 Å². The first-order valence-corrected chi connectivity index (χ1v) is 35.4. The number of esters is 1. The lowest BCUT2D eigenvalue weighted by Gasteiger charge is -2.15. The van der Waals surface area contributed by atoms with Crippen LogP contribution in [0.1, 0.15) is 75.4 Å². The lowest BCUT2D eigenvalue weighted by Crippen LogP contribution is -2.28. The first-order chi connectivity index (χ1) is 50.9. The number of nitrogens with one attached hydrogen (secondary N) is 1. The van der Waals surface area contributed by atoms with Crippen molar-refractivity contribution in [3.63, 3.8) is 0 Å². The van der Waals surface area contributed by atoms with Crippen molar-refractivity contribution >= 4 is 68.9 Å². The van der Waals surface area contributed by atoms with E-state index < -0.39 is 33.7 Å². The highest BCUT2D eigenvalue weighted by Crippen LogP contribution is 2.38. The van der Waals surface area contributed by atoms with E-state index in [4.69, 9.17) is 58.5 Å². The highest BCUT2D eigenvalue weighted by molar-refractivity contribution is 7.88. The Labute approximate surface area is 610 Å². The van der Waals surface area contributed by atoms with Gasteiger partial charge in [0, 0.05) is 87.7 Å². The van der Waals surface area contributed by atoms with Crippen LogP contribution in [-0.2, 0) is 33.9 Å². The van der Waals surface area contributed by atoms with Crippen molar-refractivity contribution in [1.82, 2.24) is 48.8 Å². The molecule has 0 bridgehead atoms. The Morgan fingerprint density at radius 3 is 1.04 bits per heavy atom. The van der Waals surface area contributed by atoms with Gasteiger partial charge in [-0.3, -0.25) is 33.6 Å². The number of rotatable bonds is 24. The third-order valence-corrected chi connectivity index (χ3v) is 17.8. The van der Waals surface area contributed by atoms with E-state index in [0.717, 1.165) is 6.26 Å². The maximum atomic E-state index is 12.5. The number of benzene rings is 6. The minimum atomic E-state index is -3.34. The number of aliphatic hydroxyl groups is 1. The number of para-hydroxylation sites is 3. The number of hydrogen-bond acceptors (Lipinski definition) is 20. The summed E-state index contributed by atoms with van der Waals surface area (Å²) in [7, 11) is -3.34. The zero-order valence-electron chi connectivity index (χ0n) is 57.9. The van der Waals surface area contributed by atoms with Crippen LogP contribution in [0.25, 0.3) is 33.8 Å². The molecule has 0 aliphatic carbocycles. The van der Waals surface area contributed by atoms with Crippen molar-refractivity contribution in [3.8, 4) is 68.3 Å². The van der Waals surface area contributed by atoms with E-state index in [9.17, 15) is 42.0 Å². The van der Waals surface area contributed by atoms with Crippen LogP contribution in [0.4, 0.5) is 17.5 Å². The molecule has 550 valence electrons. The minimum absolute atomic E-state index is 0.0223. The number of nitrogens with two attached hydrogens (primary N) is 6. The van der Waals surface area contributed by atoms with Gasteiger partial charge in [0.25, 0.3) is 17.7 Å². The molecular weight excluding hydrogens is 1380 g/mol. The van der Waals surface area contributed by atoms with Gasteiger partial charge in [-0.1, -0.05) is 66.7 Å². The summed E-state index contributed by atoms with van der Waals surface area (Å²) in [5.74, 6) is 1.35. The Bertz CT molecular complexity index is 4840. The fraction of sp³-hybridized carbons (Fsp3) is 0.227. The third kappa shape index (κ3) is 19.4. The first-order valence-electron chi connectivity index (χ1n) is 33.5. The van der Waals surface area contributed by atoms with Gasteiger partial charge in [0.15, 0.2) is 0 Å². The van der Waals surface area contributed by atoms with Gasteiger partial charge in [-0.15, -0.1) is 0 Å². The summed E-state index contributed by atoms with van der Waals surface area (Å²) in [6, 6.07) is 48.8. The summed E-state index contributed by atoms with van der Waals surface area (Å²) in [6.07, 6.45) is 11.2. The molecule has 106 heavy (non-hydrogen) atoms. The van der Waals surface area contributed by atoms with Crippen LogP contribution >= 0.6 is 0 Å². The van der Waals surface area contributed by atoms with Gasteiger partial charge in [-0.2, -0.15) is 15.3 Å². The molecule has 12 rings (SSSR count). The Hall–Kier alpha value is -12.9. The number of sulfonamides is 1. The molecule has 31 heteroatoms. The molecule has 0 saturated carbocycles. The molecule has 0 unspecified atom stereocenters. The molecule has 3 saturated heterocycles. The predicted octanol–water partition coefficient (Wildman–Crippen LogP) is 7.16. The van der Waals surface area contributed by atoms with Crippen molar-refractivity contribution in [2.45, 2.75) is 44.3 Å². The number of aromatic nitrogens is 6. The van der Waals surface area contributed by atoms with E-state index in [1.165, 1.54) is 43.4 Å². The van der Waals surface area contributed by atoms with Crippen LogP contribution < -0.4 is 53.3 Å². The Morgan fingerprint density at radius 1 is 0.462 bits per heavy atom. The van der Waals surface area contributed by atoms with Gasteiger partial charge in [-0.25, -0.2) is 27.2 Å². The zero-order chi connectivity index (χ0) is 75.6. The Kier molecular flexibility index (Phi) is 24.9. The van der Waals surface area contributed by atoms with Crippen LogP contribution in [0, 0.1) is 0 Å². The van der Waals surface area contributed by atoms with Crippen LogP contribution in [0.2, 0.25) is 0 Å². The first kappa shape index (κ1) is 75.8. The van der Waals surface area contributed by atoms with Crippen molar-refractivity contribution < 1.29 is 66.0 Å². The summed E-state index contributed by atoms with van der Waals surface area (Å²) >= 11 is 0. The molecule has 30 nitrogen and oxygen atoms in total. The largest absolute Gasteiger partial charge is 0.462 e. The smallest absolute Gasteiger partial charge is 0.302 e. The van der Waals surface area contributed by atoms with Crippen LogP contribution in [0.3, 0.4) is 0 Å². The molecule has 0 radical (unpaired) electrons. The number of amides is 6. The Morgan fingerprint density at radius 2 is 0.755 bits per heavy atom. The number of carbonyl (C=O) groups is 7. The van der Waals surface area contributed by atoms with Crippen LogP contribution in [0.5, 0.6) is 34.5 Å². The molecule has 9 aromatic rings. The lowest BCUT2D eigenvalue weighted by atomic mass is 10.1.